The van der Waals surface area contributed by atoms with Crippen LogP contribution < -0.4 is 30.5 Å². The van der Waals surface area contributed by atoms with Crippen LogP contribution in [-0.2, 0) is 0 Å². The maximum atomic E-state index is 2.52. The van der Waals surface area contributed by atoms with Crippen LogP contribution in [0.3, 0.4) is 0 Å². The normalized spacial score (nSPS) is 13.0. The van der Waals surface area contributed by atoms with E-state index in [1.165, 1.54) is 53.7 Å². The number of fused-ring (bicyclic) bond motifs is 4. The minimum atomic E-state index is -2.91. The second-order valence-electron chi connectivity index (χ2n) is 13.7. The predicted octanol–water partition coefficient (Wildman–Crippen LogP) is 10.6. The number of nitrogens with zero attached hydrogens (tertiary/aromatic N) is 2. The lowest BCUT2D eigenvalue weighted by Crippen LogP contribution is -2.77. The first-order chi connectivity index (χ1) is 26.3. The van der Waals surface area contributed by atoms with Crippen molar-refractivity contribution in [2.45, 2.75) is 0 Å². The third-order valence-electron chi connectivity index (χ3n) is 10.9. The molecule has 0 fully saturated rings. The standard InChI is InChI=1S/C50H36N2Si/c1-4-22-39(23-5-1)51-47-30-14-15-33-49(47)53(41-24-6-2-7-25-41,42-26-8-3-9-27-42)50-36-40(34-35-48(50)51)52(45-31-16-20-37-18-10-12-28-43(37)45)46-32-17-21-38-19-11-13-29-44(38)46/h1-36H. The molecule has 0 saturated carbocycles. The Bertz CT molecular complexity index is 2620. The summed E-state index contributed by atoms with van der Waals surface area (Å²) >= 11 is 0. The molecule has 0 aromatic heterocycles. The molecule has 1 aliphatic heterocycles. The molecule has 0 N–H and O–H groups in total. The van der Waals surface area contributed by atoms with Gasteiger partial charge in [-0.2, -0.15) is 0 Å². The summed E-state index contributed by atoms with van der Waals surface area (Å²) in [5.74, 6) is 0. The van der Waals surface area contributed by atoms with E-state index in [4.69, 9.17) is 0 Å². The summed E-state index contributed by atoms with van der Waals surface area (Å²) < 4.78 is 0. The molecule has 9 aromatic carbocycles. The van der Waals surface area contributed by atoms with Crippen molar-refractivity contribution in [2.75, 3.05) is 9.80 Å². The molecule has 0 spiro atoms. The summed E-state index contributed by atoms with van der Waals surface area (Å²) in [6.45, 7) is 0. The van der Waals surface area contributed by atoms with Gasteiger partial charge in [-0.15, -0.1) is 0 Å². The van der Waals surface area contributed by atoms with E-state index < -0.39 is 8.07 Å². The van der Waals surface area contributed by atoms with Crippen LogP contribution in [0.5, 0.6) is 0 Å². The number of anilines is 6. The average Bonchev–Trinajstić information content (AvgIpc) is 3.24. The van der Waals surface area contributed by atoms with Crippen molar-refractivity contribution in [3.63, 3.8) is 0 Å². The molecule has 9 aromatic rings. The highest BCUT2D eigenvalue weighted by atomic mass is 28.3. The summed E-state index contributed by atoms with van der Waals surface area (Å²) in [5.41, 5.74) is 7.04. The first-order valence-corrected chi connectivity index (χ1v) is 20.3. The molecule has 1 heterocycles. The molecule has 0 unspecified atom stereocenters. The molecule has 0 amide bonds. The van der Waals surface area contributed by atoms with E-state index in [1.807, 2.05) is 0 Å². The van der Waals surface area contributed by atoms with Crippen LogP contribution in [0, 0.1) is 0 Å². The van der Waals surface area contributed by atoms with Gasteiger partial charge in [0.2, 0.25) is 0 Å². The van der Waals surface area contributed by atoms with Crippen molar-refractivity contribution < 1.29 is 0 Å². The van der Waals surface area contributed by atoms with Crippen molar-refractivity contribution in [1.29, 1.82) is 0 Å². The van der Waals surface area contributed by atoms with Crippen LogP contribution in [0.25, 0.3) is 21.5 Å². The van der Waals surface area contributed by atoms with Gasteiger partial charge >= 0.3 is 0 Å². The van der Waals surface area contributed by atoms with Crippen molar-refractivity contribution >= 4 is 84.5 Å². The van der Waals surface area contributed by atoms with Crippen LogP contribution >= 0.6 is 0 Å². The van der Waals surface area contributed by atoms with Crippen molar-refractivity contribution in [2.24, 2.45) is 0 Å². The quantitative estimate of drug-likeness (QED) is 0.160. The predicted molar refractivity (Wildman–Crippen MR) is 228 cm³/mol. The van der Waals surface area contributed by atoms with Gasteiger partial charge in [-0.3, -0.25) is 0 Å². The molecule has 2 nitrogen and oxygen atoms in total. The molecule has 0 bridgehead atoms. The second-order valence-corrected chi connectivity index (χ2v) is 17.4. The van der Waals surface area contributed by atoms with E-state index in [9.17, 15) is 0 Å². The third kappa shape index (κ3) is 4.93. The summed E-state index contributed by atoms with van der Waals surface area (Å²) in [6, 6.07) is 80.6. The van der Waals surface area contributed by atoms with Crippen LogP contribution in [0.2, 0.25) is 0 Å². The first kappa shape index (κ1) is 31.1. The highest BCUT2D eigenvalue weighted by Crippen LogP contribution is 2.44. The Hall–Kier alpha value is -6.68. The van der Waals surface area contributed by atoms with Gasteiger partial charge in [-0.05, 0) is 80.1 Å². The van der Waals surface area contributed by atoms with Gasteiger partial charge in [0.1, 0.15) is 0 Å². The summed E-state index contributed by atoms with van der Waals surface area (Å²) in [4.78, 5) is 4.97. The molecule has 10 rings (SSSR count). The summed E-state index contributed by atoms with van der Waals surface area (Å²) in [7, 11) is -2.91. The maximum absolute atomic E-state index is 2.91. The Kier molecular flexibility index (Phi) is 7.52. The van der Waals surface area contributed by atoms with E-state index in [-0.39, 0.29) is 0 Å². The lowest BCUT2D eigenvalue weighted by Gasteiger charge is -2.45. The van der Waals surface area contributed by atoms with Crippen molar-refractivity contribution in [3.8, 4) is 0 Å². The van der Waals surface area contributed by atoms with E-state index >= 15 is 0 Å². The Labute approximate surface area is 311 Å². The number of hydrogen-bond donors (Lipinski definition) is 0. The molecule has 0 atom stereocenters. The van der Waals surface area contributed by atoms with Crippen molar-refractivity contribution in [1.82, 2.24) is 0 Å². The highest BCUT2D eigenvalue weighted by Gasteiger charge is 2.49. The zero-order chi connectivity index (χ0) is 35.2. The van der Waals surface area contributed by atoms with Gasteiger partial charge in [0.05, 0.1) is 11.4 Å². The van der Waals surface area contributed by atoms with Gasteiger partial charge in [0.25, 0.3) is 0 Å². The Morgan fingerprint density at radius 2 is 0.830 bits per heavy atom. The fourth-order valence-corrected chi connectivity index (χ4v) is 13.8. The topological polar surface area (TPSA) is 6.48 Å². The van der Waals surface area contributed by atoms with E-state index in [2.05, 4.69) is 228 Å². The molecule has 0 aliphatic carbocycles. The fraction of sp³-hybridized carbons (Fsp3) is 0. The molecule has 3 heteroatoms. The number of rotatable bonds is 6. The van der Waals surface area contributed by atoms with Gasteiger partial charge in [0.15, 0.2) is 8.07 Å². The Balaban J connectivity index is 1.35. The molecule has 53 heavy (non-hydrogen) atoms. The third-order valence-corrected chi connectivity index (χ3v) is 15.7. The molecule has 250 valence electrons. The zero-order valence-electron chi connectivity index (χ0n) is 29.2. The minimum Gasteiger partial charge on any atom is -0.311 e. The maximum Gasteiger partial charge on any atom is 0.184 e. The van der Waals surface area contributed by atoms with Crippen LogP contribution in [0.4, 0.5) is 34.1 Å². The first-order valence-electron chi connectivity index (χ1n) is 18.3. The second kappa shape index (κ2) is 12.8. The van der Waals surface area contributed by atoms with Gasteiger partial charge in [-0.25, -0.2) is 0 Å². The number of para-hydroxylation sites is 2. The monoisotopic (exact) mass is 692 g/mol. The van der Waals surface area contributed by atoms with Gasteiger partial charge < -0.3 is 9.80 Å². The molecular formula is C50H36N2Si. The van der Waals surface area contributed by atoms with E-state index in [1.54, 1.807) is 0 Å². The number of hydrogen-bond acceptors (Lipinski definition) is 2. The Morgan fingerprint density at radius 3 is 1.43 bits per heavy atom. The fourth-order valence-electron chi connectivity index (χ4n) is 8.65. The number of benzene rings is 9. The van der Waals surface area contributed by atoms with E-state index in [0.717, 1.165) is 22.7 Å². The molecule has 0 saturated heterocycles. The summed E-state index contributed by atoms with van der Waals surface area (Å²) in [6.07, 6.45) is 0. The molecular weight excluding hydrogens is 657 g/mol. The Morgan fingerprint density at radius 1 is 0.358 bits per heavy atom. The van der Waals surface area contributed by atoms with E-state index in [0.29, 0.717) is 0 Å². The van der Waals surface area contributed by atoms with Gasteiger partial charge in [-0.1, -0.05) is 170 Å². The average molecular weight is 693 g/mol. The largest absolute Gasteiger partial charge is 0.311 e. The lowest BCUT2D eigenvalue weighted by atomic mass is 10.0. The van der Waals surface area contributed by atoms with Crippen LogP contribution in [-0.4, -0.2) is 8.07 Å². The van der Waals surface area contributed by atoms with Crippen LogP contribution in [0.15, 0.2) is 218 Å². The lowest BCUT2D eigenvalue weighted by molar-refractivity contribution is 1.27. The van der Waals surface area contributed by atoms with Crippen LogP contribution in [0.1, 0.15) is 0 Å². The molecule has 1 aliphatic rings. The highest BCUT2D eigenvalue weighted by molar-refractivity contribution is 7.21. The zero-order valence-corrected chi connectivity index (χ0v) is 30.2. The van der Waals surface area contributed by atoms with Gasteiger partial charge in [0, 0.05) is 33.5 Å². The molecule has 0 radical (unpaired) electrons. The minimum absolute atomic E-state index is 1.13. The van der Waals surface area contributed by atoms with Crippen molar-refractivity contribution in [3.05, 3.63) is 218 Å². The smallest absolute Gasteiger partial charge is 0.184 e. The SMILES string of the molecule is c1ccc(N2c3ccccc3[Si](c3ccccc3)(c3ccccc3)c3cc(N(c4cccc5ccccc45)c4cccc5ccccc45)ccc32)cc1. The summed E-state index contributed by atoms with van der Waals surface area (Å²) in [5, 5.41) is 10.3.